The van der Waals surface area contributed by atoms with Gasteiger partial charge < -0.3 is 0 Å². The molecule has 3 aliphatic carbocycles. The van der Waals surface area contributed by atoms with Crippen LogP contribution in [-0.4, -0.2) is 0 Å². The number of allylic oxidation sites excluding steroid dienone is 9. The van der Waals surface area contributed by atoms with Crippen LogP contribution in [0.25, 0.3) is 5.57 Å². The Morgan fingerprint density at radius 2 is 1.40 bits per heavy atom. The van der Waals surface area contributed by atoms with Crippen molar-refractivity contribution in [1.29, 1.82) is 0 Å². The van der Waals surface area contributed by atoms with Crippen LogP contribution < -0.4 is 0 Å². The summed E-state index contributed by atoms with van der Waals surface area (Å²) in [6.07, 6.45) is 23.6. The first-order valence-electron chi connectivity index (χ1n) is 24.4. The Morgan fingerprint density at radius 1 is 0.842 bits per heavy atom. The normalized spacial score (nSPS) is 22.2. The van der Waals surface area contributed by atoms with Crippen LogP contribution in [0.4, 0.5) is 0 Å². The Kier molecular flexibility index (Phi) is 35.7. The van der Waals surface area contributed by atoms with E-state index >= 15 is 0 Å². The van der Waals surface area contributed by atoms with Crippen molar-refractivity contribution in [2.75, 3.05) is 0 Å². The second kappa shape index (κ2) is 34.5. The Labute approximate surface area is 361 Å². The van der Waals surface area contributed by atoms with Gasteiger partial charge in [-0.1, -0.05) is 209 Å². The highest BCUT2D eigenvalue weighted by atomic mass is 14.4. The van der Waals surface area contributed by atoms with Crippen LogP contribution >= 0.6 is 0 Å². The van der Waals surface area contributed by atoms with Crippen molar-refractivity contribution in [3.63, 3.8) is 0 Å². The first-order chi connectivity index (χ1) is 27.2. The summed E-state index contributed by atoms with van der Waals surface area (Å²) < 4.78 is 0. The Morgan fingerprint density at radius 3 is 1.84 bits per heavy atom. The molecular formula is C57H102. The van der Waals surface area contributed by atoms with E-state index < -0.39 is 0 Å². The highest BCUT2D eigenvalue weighted by Gasteiger charge is 2.31. The van der Waals surface area contributed by atoms with Gasteiger partial charge in [0.25, 0.3) is 0 Å². The lowest BCUT2D eigenvalue weighted by Gasteiger charge is -2.38. The summed E-state index contributed by atoms with van der Waals surface area (Å²) in [6.45, 7) is 53.5. The molecule has 3 atom stereocenters. The van der Waals surface area contributed by atoms with Crippen LogP contribution in [-0.2, 0) is 0 Å². The maximum atomic E-state index is 4.27. The van der Waals surface area contributed by atoms with Gasteiger partial charge in [-0.2, -0.15) is 0 Å². The van der Waals surface area contributed by atoms with E-state index in [-0.39, 0.29) is 0 Å². The third-order valence-corrected chi connectivity index (χ3v) is 12.5. The predicted molar refractivity (Wildman–Crippen MR) is 269 cm³/mol. The molecule has 1 aromatic rings. The molecule has 57 heavy (non-hydrogen) atoms. The van der Waals surface area contributed by atoms with Gasteiger partial charge in [0.2, 0.25) is 0 Å². The number of rotatable bonds is 12. The molecule has 0 heterocycles. The summed E-state index contributed by atoms with van der Waals surface area (Å²) in [5.74, 6) is 3.88. The maximum absolute atomic E-state index is 4.27. The molecule has 0 aliphatic heterocycles. The molecule has 1 fully saturated rings. The number of benzene rings is 1. The van der Waals surface area contributed by atoms with Crippen LogP contribution in [0.15, 0.2) is 89.6 Å². The average Bonchev–Trinajstić information content (AvgIpc) is 3.53. The van der Waals surface area contributed by atoms with Gasteiger partial charge in [0.1, 0.15) is 0 Å². The van der Waals surface area contributed by atoms with Crippen LogP contribution in [0.2, 0.25) is 0 Å². The van der Waals surface area contributed by atoms with E-state index in [2.05, 4.69) is 132 Å². The average molecular weight is 787 g/mol. The molecule has 4 rings (SSSR count). The molecule has 0 heteroatoms. The molecular weight excluding hydrogens is 685 g/mol. The molecule has 0 bridgehead atoms. The van der Waals surface area contributed by atoms with E-state index in [1.807, 2.05) is 55.4 Å². The molecule has 0 nitrogen and oxygen atoms in total. The van der Waals surface area contributed by atoms with Gasteiger partial charge >= 0.3 is 0 Å². The lowest BCUT2D eigenvalue weighted by Crippen LogP contribution is -2.25. The fourth-order valence-electron chi connectivity index (χ4n) is 7.82. The summed E-state index contributed by atoms with van der Waals surface area (Å²) in [5, 5.41) is 0. The fourth-order valence-corrected chi connectivity index (χ4v) is 7.82. The van der Waals surface area contributed by atoms with Crippen LogP contribution in [0.1, 0.15) is 238 Å². The monoisotopic (exact) mass is 787 g/mol. The van der Waals surface area contributed by atoms with Gasteiger partial charge in [0.05, 0.1) is 0 Å². The van der Waals surface area contributed by atoms with Gasteiger partial charge in [-0.05, 0) is 147 Å². The largest absolute Gasteiger partial charge is 0.0958 e. The zero-order valence-corrected chi connectivity index (χ0v) is 42.4. The maximum Gasteiger partial charge on any atom is 0.00636 e. The van der Waals surface area contributed by atoms with Crippen molar-refractivity contribution < 1.29 is 0 Å². The zero-order valence-electron chi connectivity index (χ0n) is 42.4. The standard InChI is InChI=1S/C24H38.C19H26.C6H14.4C2H6/c1-6-9-21(23-11-8-10-22(18-23)19(3)4)14-17-24(5)15-12-20(7-2)13-16-24;1-12(2)19-11-18(15(5)16(19)6)10-17-9-13(3)7-8-14(17)4;1-4-6(3)5-2;4*1-2/h8,10-11,18,20-21H,3,6-7,9,12-17H2,1-2,4-5H3;10-11,13,16H,1,5,7-9H2,2-4,6H3;6H,4-5H2,1-3H3;4*1-2H3/b;18-10-;;;;;/t20?,21-,24?;13-,16?;;;;;/m10...../s1. The second-order valence-corrected chi connectivity index (χ2v) is 16.9. The van der Waals surface area contributed by atoms with E-state index in [1.54, 1.807) is 5.57 Å². The Bertz CT molecular complexity index is 1290. The molecule has 1 unspecified atom stereocenters. The SMILES string of the molecule is C=C(C)C1=C/C(=C/C2=C(C)CC[C@H](C)C2)C(=C)C1C.C=C(C)c1cccc([C@H](CCC)CCC2(C)CCC(CC)CC2)c1.CC.CC.CC.CC.CCC(C)CC. The molecule has 0 spiro atoms. The van der Waals surface area contributed by atoms with E-state index in [0.29, 0.717) is 11.3 Å². The lowest BCUT2D eigenvalue weighted by molar-refractivity contribution is 0.148. The summed E-state index contributed by atoms with van der Waals surface area (Å²) in [5.41, 5.74) is 12.8. The van der Waals surface area contributed by atoms with Crippen molar-refractivity contribution in [2.24, 2.45) is 29.1 Å². The molecule has 0 radical (unpaired) electrons. The molecule has 0 amide bonds. The Balaban J connectivity index is -0.000000786. The summed E-state index contributed by atoms with van der Waals surface area (Å²) >= 11 is 0. The van der Waals surface area contributed by atoms with Gasteiger partial charge in [-0.3, -0.25) is 0 Å². The van der Waals surface area contributed by atoms with Crippen LogP contribution in [0.3, 0.4) is 0 Å². The van der Waals surface area contributed by atoms with E-state index in [9.17, 15) is 0 Å². The van der Waals surface area contributed by atoms with Crippen LogP contribution in [0, 0.1) is 29.1 Å². The minimum Gasteiger partial charge on any atom is -0.0958 e. The Hall–Kier alpha value is -2.34. The predicted octanol–water partition coefficient (Wildman–Crippen LogP) is 20.3. The lowest BCUT2D eigenvalue weighted by atomic mass is 9.67. The zero-order chi connectivity index (χ0) is 44.7. The summed E-state index contributed by atoms with van der Waals surface area (Å²) in [4.78, 5) is 0. The van der Waals surface area contributed by atoms with Crippen LogP contribution in [0.5, 0.6) is 0 Å². The van der Waals surface area contributed by atoms with Crippen molar-refractivity contribution in [3.05, 3.63) is 101 Å². The molecule has 330 valence electrons. The topological polar surface area (TPSA) is 0 Å². The minimum atomic E-state index is 0.422. The van der Waals surface area contributed by atoms with Crippen molar-refractivity contribution in [2.45, 2.75) is 227 Å². The molecule has 0 N–H and O–H groups in total. The smallest absolute Gasteiger partial charge is 0.00636 e. The van der Waals surface area contributed by atoms with Crippen molar-refractivity contribution in [3.8, 4) is 0 Å². The van der Waals surface area contributed by atoms with E-state index in [0.717, 1.165) is 23.7 Å². The van der Waals surface area contributed by atoms with Gasteiger partial charge in [0.15, 0.2) is 0 Å². The first-order valence-corrected chi connectivity index (χ1v) is 24.4. The van der Waals surface area contributed by atoms with E-state index in [1.165, 1.54) is 134 Å². The minimum absolute atomic E-state index is 0.422. The van der Waals surface area contributed by atoms with Gasteiger partial charge in [-0.25, -0.2) is 0 Å². The molecule has 3 aliphatic rings. The highest BCUT2D eigenvalue weighted by Crippen LogP contribution is 2.45. The third kappa shape index (κ3) is 22.6. The summed E-state index contributed by atoms with van der Waals surface area (Å²) in [6, 6.07) is 9.14. The summed E-state index contributed by atoms with van der Waals surface area (Å²) in [7, 11) is 0. The first kappa shape index (κ1) is 59.0. The number of hydrogen-bond donors (Lipinski definition) is 0. The second-order valence-electron chi connectivity index (χ2n) is 16.9. The molecule has 1 aromatic carbocycles. The molecule has 0 saturated heterocycles. The highest BCUT2D eigenvalue weighted by molar-refractivity contribution is 5.62. The van der Waals surface area contributed by atoms with Crippen molar-refractivity contribution >= 4 is 5.57 Å². The fraction of sp³-hybridized carbons (Fsp3) is 0.684. The van der Waals surface area contributed by atoms with Crippen molar-refractivity contribution in [1.82, 2.24) is 0 Å². The van der Waals surface area contributed by atoms with Gasteiger partial charge in [-0.15, -0.1) is 0 Å². The molecule has 1 saturated carbocycles. The third-order valence-electron chi connectivity index (χ3n) is 12.5. The van der Waals surface area contributed by atoms with E-state index in [4.69, 9.17) is 0 Å². The quantitative estimate of drug-likeness (QED) is 0.198. The van der Waals surface area contributed by atoms with Gasteiger partial charge in [0, 0.05) is 5.92 Å². The number of hydrogen-bond acceptors (Lipinski definition) is 0. The molecule has 0 aromatic heterocycles.